The number of nitrogens with zero attached hydrogens (tertiary/aromatic N) is 1. The lowest BCUT2D eigenvalue weighted by Crippen LogP contribution is -2.40. The number of nitrogens with two attached hydrogens (primary N) is 2. The number of benzene rings is 4. The van der Waals surface area contributed by atoms with Crippen LogP contribution in [0.5, 0.6) is 17.2 Å². The number of phenols is 2. The molecule has 4 atom stereocenters. The van der Waals surface area contributed by atoms with Gasteiger partial charge in [-0.1, -0.05) is 85.5 Å². The molecule has 0 bridgehead atoms. The fraction of sp³-hybridized carbons (Fsp3) is 0.346. The molecule has 62 heavy (non-hydrogen) atoms. The molecule has 0 unspecified atom stereocenters. The number of carbonyl (C=O) groups is 1. The number of aliphatic hydroxyl groups excluding tert-OH is 1. The number of hydrogen-bond donors (Lipinski definition) is 6. The molecule has 4 aromatic carbocycles. The highest BCUT2D eigenvalue weighted by Crippen LogP contribution is 2.39. The van der Waals surface area contributed by atoms with Gasteiger partial charge in [0.15, 0.2) is 17.3 Å². The standard InChI is InChI=1S/C52H60N4O6/c1-34(47(56-33-35(2)57)29-36-11-6-4-7-12-36)10-5-3-8-14-41(58)20-16-37-18-23-49(60)51(30-37)62-27-25-38-17-22-48(59)45(28-38)44-32-50(61)43-24-26-55-46(43)15-9-13-39-31-40(52(53)54)19-21-42(39)44/h4,6-8,11-12,14,17-19,21-24,26,28,30-31,34-35,44,47,52,56-57,59-61H,3,5,10,15-16,20,25,27,29,32-33,53-54H2,1-2H3/p-1/b14-8+,50-43?/t34-,35+,44+,47-/m1/s1. The quantitative estimate of drug-likeness (QED) is 0.0237. The van der Waals surface area contributed by atoms with Gasteiger partial charge in [-0.15, -0.1) is 5.76 Å². The number of aromatic hydroxyl groups is 2. The van der Waals surface area contributed by atoms with Gasteiger partial charge in [0, 0.05) is 48.7 Å². The number of phenolic OH excluding ortho intramolecular Hbond substituents is 2. The van der Waals surface area contributed by atoms with Gasteiger partial charge in [-0.05, 0) is 121 Å². The van der Waals surface area contributed by atoms with Gasteiger partial charge in [0.05, 0.1) is 31.0 Å². The second-order valence-corrected chi connectivity index (χ2v) is 16.5. The molecule has 0 aromatic heterocycles. The van der Waals surface area contributed by atoms with Gasteiger partial charge in [0.2, 0.25) is 0 Å². The minimum Gasteiger partial charge on any atom is -0.875 e. The van der Waals surface area contributed by atoms with E-state index >= 15 is 0 Å². The van der Waals surface area contributed by atoms with Gasteiger partial charge >= 0.3 is 0 Å². The van der Waals surface area contributed by atoms with Crippen molar-refractivity contribution < 1.29 is 30.0 Å². The van der Waals surface area contributed by atoms with E-state index in [0.717, 1.165) is 42.4 Å². The van der Waals surface area contributed by atoms with Crippen LogP contribution in [0.25, 0.3) is 0 Å². The molecule has 8 N–H and O–H groups in total. The topological polar surface area (TPSA) is 186 Å². The molecule has 1 aliphatic heterocycles. The predicted octanol–water partition coefficient (Wildman–Crippen LogP) is 6.94. The van der Waals surface area contributed by atoms with Crippen LogP contribution in [-0.4, -0.2) is 52.1 Å². The molecule has 324 valence electrons. The third-order valence-corrected chi connectivity index (χ3v) is 11.6. The molecule has 2 aliphatic rings. The average Bonchev–Trinajstić information content (AvgIpc) is 3.74. The number of allylic oxidation sites excluding steroid dienone is 5. The number of aliphatic imine (C=N–C) groups is 1. The molecule has 0 saturated carbocycles. The molecule has 10 nitrogen and oxygen atoms in total. The Morgan fingerprint density at radius 3 is 2.52 bits per heavy atom. The molecule has 4 aromatic rings. The van der Waals surface area contributed by atoms with E-state index in [4.69, 9.17) is 16.2 Å². The molecule has 6 rings (SSSR count). The molecule has 0 amide bonds. The number of rotatable bonds is 20. The summed E-state index contributed by atoms with van der Waals surface area (Å²) >= 11 is 0. The number of fused-ring (bicyclic) bond motifs is 2. The van der Waals surface area contributed by atoms with Gasteiger partial charge in [-0.2, -0.15) is 0 Å². The highest BCUT2D eigenvalue weighted by atomic mass is 16.5. The van der Waals surface area contributed by atoms with Crippen LogP contribution in [0.1, 0.15) is 103 Å². The number of aryl methyl sites for hydroxylation is 1. The number of ether oxygens (including phenoxy) is 1. The van der Waals surface area contributed by atoms with Crippen LogP contribution in [0.4, 0.5) is 0 Å². The van der Waals surface area contributed by atoms with Crippen molar-refractivity contribution in [1.29, 1.82) is 0 Å². The Bertz CT molecular complexity index is 2350. The molecule has 0 saturated heterocycles. The monoisotopic (exact) mass is 835 g/mol. The Labute approximate surface area is 365 Å². The summed E-state index contributed by atoms with van der Waals surface area (Å²) in [7, 11) is 0. The van der Waals surface area contributed by atoms with E-state index in [1.165, 1.54) is 5.56 Å². The van der Waals surface area contributed by atoms with E-state index in [1.54, 1.807) is 49.5 Å². The summed E-state index contributed by atoms with van der Waals surface area (Å²) in [4.78, 5) is 17.2. The predicted molar refractivity (Wildman–Crippen MR) is 244 cm³/mol. The maximum Gasteiger partial charge on any atom is 0.161 e. The maximum atomic E-state index is 13.7. The van der Waals surface area contributed by atoms with E-state index in [0.29, 0.717) is 71.9 Å². The van der Waals surface area contributed by atoms with Crippen molar-refractivity contribution in [3.63, 3.8) is 0 Å². The lowest BCUT2D eigenvalue weighted by Gasteiger charge is -2.27. The highest BCUT2D eigenvalue weighted by molar-refractivity contribution is 6.06. The number of nitrogens with one attached hydrogen (secondary N) is 1. The SMILES string of the molecule is C[C@H](O)CN[C@H](Cc1ccccc1)[C@H](C)CCC/C=C/C(=O)CCc1ccc(O)c(OCCc2ccc(O)c([C@H]3CC([O-])=C4C=CN=C4CC#Cc4cc(C(N)N)ccc43)c2)c1. The fourth-order valence-corrected chi connectivity index (χ4v) is 8.00. The summed E-state index contributed by atoms with van der Waals surface area (Å²) in [6, 6.07) is 26.7. The van der Waals surface area contributed by atoms with Crippen molar-refractivity contribution in [2.75, 3.05) is 13.2 Å². The minimum atomic E-state index is -0.700. The van der Waals surface area contributed by atoms with Gasteiger partial charge in [0.25, 0.3) is 0 Å². The number of carbonyl (C=O) groups excluding carboxylic acids is 1. The van der Waals surface area contributed by atoms with Gasteiger partial charge in [-0.3, -0.25) is 9.79 Å². The Morgan fingerprint density at radius 1 is 0.968 bits per heavy atom. The second-order valence-electron chi connectivity index (χ2n) is 16.5. The van der Waals surface area contributed by atoms with E-state index < -0.39 is 18.2 Å². The van der Waals surface area contributed by atoms with Crippen LogP contribution in [0, 0.1) is 17.8 Å². The molecular weight excluding hydrogens is 777 g/mol. The lowest BCUT2D eigenvalue weighted by atomic mass is 9.82. The van der Waals surface area contributed by atoms with Crippen LogP contribution < -0.4 is 26.6 Å². The second kappa shape index (κ2) is 22.2. The van der Waals surface area contributed by atoms with Crippen molar-refractivity contribution in [3.8, 4) is 29.1 Å². The van der Waals surface area contributed by atoms with Gasteiger partial charge in [-0.25, -0.2) is 0 Å². The van der Waals surface area contributed by atoms with E-state index in [1.807, 2.05) is 42.5 Å². The Balaban J connectivity index is 1.03. The molecule has 10 heteroatoms. The normalized spacial score (nSPS) is 16.3. The average molecular weight is 836 g/mol. The van der Waals surface area contributed by atoms with Crippen molar-refractivity contribution in [2.45, 2.75) is 95.9 Å². The highest BCUT2D eigenvalue weighted by Gasteiger charge is 2.24. The fourth-order valence-electron chi connectivity index (χ4n) is 8.00. The molecule has 1 heterocycles. The number of ketones is 1. The summed E-state index contributed by atoms with van der Waals surface area (Å²) in [6.45, 7) is 4.82. The summed E-state index contributed by atoms with van der Waals surface area (Å²) in [6.07, 6.45) is 11.2. The maximum absolute atomic E-state index is 13.7. The molecule has 0 fully saturated rings. The molecular formula is C52H59N4O6-. The zero-order valence-electron chi connectivity index (χ0n) is 35.7. The van der Waals surface area contributed by atoms with Crippen molar-refractivity contribution in [1.82, 2.24) is 5.32 Å². The first-order valence-corrected chi connectivity index (χ1v) is 21.6. The van der Waals surface area contributed by atoms with Crippen LogP contribution in [0.3, 0.4) is 0 Å². The minimum absolute atomic E-state index is 0.00310. The van der Waals surface area contributed by atoms with E-state index in [2.05, 4.69) is 53.3 Å². The lowest BCUT2D eigenvalue weighted by molar-refractivity contribution is -0.307. The van der Waals surface area contributed by atoms with E-state index in [9.17, 15) is 25.2 Å². The zero-order valence-corrected chi connectivity index (χ0v) is 35.7. The number of aliphatic hydroxyl groups is 1. The Morgan fingerprint density at radius 2 is 1.74 bits per heavy atom. The van der Waals surface area contributed by atoms with Crippen molar-refractivity contribution >= 4 is 11.5 Å². The smallest absolute Gasteiger partial charge is 0.161 e. The summed E-state index contributed by atoms with van der Waals surface area (Å²) in [5.74, 6) is 6.61. The summed E-state index contributed by atoms with van der Waals surface area (Å²) < 4.78 is 6.07. The van der Waals surface area contributed by atoms with Crippen molar-refractivity contribution in [3.05, 3.63) is 160 Å². The molecule has 0 radical (unpaired) electrons. The Hall–Kier alpha value is -5.96. The third-order valence-electron chi connectivity index (χ3n) is 11.6. The van der Waals surface area contributed by atoms with Crippen molar-refractivity contribution in [2.24, 2.45) is 22.4 Å². The van der Waals surface area contributed by atoms with Crippen LogP contribution in [-0.2, 0) is 24.1 Å². The number of hydrogen-bond acceptors (Lipinski definition) is 10. The summed E-state index contributed by atoms with van der Waals surface area (Å²) in [5, 5.41) is 49.0. The molecule has 1 aliphatic carbocycles. The zero-order chi connectivity index (χ0) is 44.0. The van der Waals surface area contributed by atoms with E-state index in [-0.39, 0.29) is 42.1 Å². The van der Waals surface area contributed by atoms with Gasteiger partial charge in [0.1, 0.15) is 5.75 Å². The first-order chi connectivity index (χ1) is 29.9. The largest absolute Gasteiger partial charge is 0.875 e. The summed E-state index contributed by atoms with van der Waals surface area (Å²) in [5.41, 5.74) is 18.9. The van der Waals surface area contributed by atoms with Gasteiger partial charge < -0.3 is 41.9 Å². The van der Waals surface area contributed by atoms with Crippen LogP contribution in [0.2, 0.25) is 0 Å². The Kier molecular flexibility index (Phi) is 16.3. The third kappa shape index (κ3) is 12.8. The number of unbranched alkanes of at least 4 members (excludes halogenated alkanes) is 1. The first kappa shape index (κ1) is 45.6. The first-order valence-electron chi connectivity index (χ1n) is 21.6. The van der Waals surface area contributed by atoms with Crippen LogP contribution in [0.15, 0.2) is 126 Å². The van der Waals surface area contributed by atoms with Crippen LogP contribution >= 0.6 is 0 Å². The molecule has 0 spiro atoms.